The van der Waals surface area contributed by atoms with Crippen molar-refractivity contribution < 1.29 is 4.79 Å². The third-order valence-electron chi connectivity index (χ3n) is 2.13. The van der Waals surface area contributed by atoms with Crippen molar-refractivity contribution >= 4 is 11.6 Å². The quantitative estimate of drug-likeness (QED) is 0.818. The van der Waals surface area contributed by atoms with Crippen LogP contribution in [-0.4, -0.2) is 5.91 Å². The highest BCUT2D eigenvalue weighted by Crippen LogP contribution is 2.14. The van der Waals surface area contributed by atoms with Gasteiger partial charge < -0.3 is 5.32 Å². The molecule has 0 radical (unpaired) electrons. The molecule has 1 N–H and O–H groups in total. The average molecular weight is 202 g/mol. The summed E-state index contributed by atoms with van der Waals surface area (Å²) in [4.78, 5) is 11.5. The van der Waals surface area contributed by atoms with Crippen molar-refractivity contribution in [1.82, 2.24) is 0 Å². The van der Waals surface area contributed by atoms with Crippen LogP contribution in [0.15, 0.2) is 24.3 Å². The highest BCUT2D eigenvalue weighted by molar-refractivity contribution is 5.91. The topological polar surface area (TPSA) is 52.9 Å². The summed E-state index contributed by atoms with van der Waals surface area (Å²) in [6, 6.07) is 9.61. The van der Waals surface area contributed by atoms with Crippen LogP contribution in [0.25, 0.3) is 0 Å². The molecule has 0 spiro atoms. The van der Waals surface area contributed by atoms with Crippen molar-refractivity contribution in [1.29, 1.82) is 5.26 Å². The second-order valence-corrected chi connectivity index (χ2v) is 3.60. The minimum absolute atomic E-state index is 0.113. The first-order valence-corrected chi connectivity index (χ1v) is 4.88. The van der Waals surface area contributed by atoms with Gasteiger partial charge in [0.15, 0.2) is 0 Å². The number of carbonyl (C=O) groups is 1. The maximum Gasteiger partial charge on any atom is 0.225 e. The van der Waals surface area contributed by atoms with Crippen molar-refractivity contribution in [3.05, 3.63) is 29.8 Å². The predicted molar refractivity (Wildman–Crippen MR) is 59.2 cm³/mol. The van der Waals surface area contributed by atoms with E-state index in [4.69, 9.17) is 5.26 Å². The van der Waals surface area contributed by atoms with E-state index in [-0.39, 0.29) is 18.2 Å². The van der Waals surface area contributed by atoms with Gasteiger partial charge in [0.1, 0.15) is 0 Å². The average Bonchev–Trinajstić information content (AvgIpc) is 2.21. The monoisotopic (exact) mass is 202 g/mol. The van der Waals surface area contributed by atoms with E-state index in [0.29, 0.717) is 0 Å². The number of nitriles is 1. The van der Waals surface area contributed by atoms with Gasteiger partial charge in [0.2, 0.25) is 5.91 Å². The molecule has 1 amide bonds. The predicted octanol–water partition coefficient (Wildman–Crippen LogP) is 2.48. The molecule has 0 saturated carbocycles. The van der Waals surface area contributed by atoms with Gasteiger partial charge in [0.25, 0.3) is 0 Å². The number of benzene rings is 1. The standard InChI is InChI=1S/C12H14N2O/c1-9(8-13)7-12(15)14-11-6-4-3-5-10(11)2/h3-6,9H,7H2,1-2H3,(H,14,15). The van der Waals surface area contributed by atoms with Gasteiger partial charge in [0, 0.05) is 12.1 Å². The normalized spacial score (nSPS) is 11.5. The van der Waals surface area contributed by atoms with Gasteiger partial charge in [-0.3, -0.25) is 4.79 Å². The first-order chi connectivity index (χ1) is 7.13. The molecule has 0 aliphatic heterocycles. The van der Waals surface area contributed by atoms with Gasteiger partial charge in [-0.25, -0.2) is 0 Å². The molecular formula is C12H14N2O. The van der Waals surface area contributed by atoms with Gasteiger partial charge in [-0.15, -0.1) is 0 Å². The van der Waals surface area contributed by atoms with E-state index in [9.17, 15) is 4.79 Å². The fraction of sp³-hybridized carbons (Fsp3) is 0.333. The van der Waals surface area contributed by atoms with E-state index >= 15 is 0 Å². The van der Waals surface area contributed by atoms with E-state index < -0.39 is 0 Å². The van der Waals surface area contributed by atoms with Crippen LogP contribution >= 0.6 is 0 Å². The van der Waals surface area contributed by atoms with Crippen molar-refractivity contribution in [2.45, 2.75) is 20.3 Å². The number of carbonyl (C=O) groups excluding carboxylic acids is 1. The van der Waals surface area contributed by atoms with Gasteiger partial charge in [-0.1, -0.05) is 18.2 Å². The molecule has 1 unspecified atom stereocenters. The molecule has 0 aromatic heterocycles. The molecular weight excluding hydrogens is 188 g/mol. The molecule has 1 aromatic carbocycles. The molecule has 0 fully saturated rings. The molecule has 0 heterocycles. The van der Waals surface area contributed by atoms with Crippen LogP contribution in [0.4, 0.5) is 5.69 Å². The third kappa shape index (κ3) is 3.43. The van der Waals surface area contributed by atoms with Crippen molar-refractivity contribution in [3.8, 4) is 6.07 Å². The first kappa shape index (κ1) is 11.3. The second-order valence-electron chi connectivity index (χ2n) is 3.60. The highest BCUT2D eigenvalue weighted by Gasteiger charge is 2.08. The number of para-hydroxylation sites is 1. The van der Waals surface area contributed by atoms with Gasteiger partial charge in [-0.2, -0.15) is 5.26 Å². The number of rotatable bonds is 3. The van der Waals surface area contributed by atoms with Crippen LogP contribution in [-0.2, 0) is 4.79 Å². The Labute approximate surface area is 89.7 Å². The third-order valence-corrected chi connectivity index (χ3v) is 2.13. The largest absolute Gasteiger partial charge is 0.326 e. The zero-order chi connectivity index (χ0) is 11.3. The molecule has 78 valence electrons. The minimum Gasteiger partial charge on any atom is -0.326 e. The van der Waals surface area contributed by atoms with E-state index in [1.807, 2.05) is 37.3 Å². The minimum atomic E-state index is -0.242. The van der Waals surface area contributed by atoms with Crippen LogP contribution < -0.4 is 5.32 Å². The fourth-order valence-corrected chi connectivity index (χ4v) is 1.24. The Bertz CT molecular complexity index is 393. The number of anilines is 1. The summed E-state index contributed by atoms with van der Waals surface area (Å²) in [5, 5.41) is 11.4. The van der Waals surface area contributed by atoms with Crippen LogP contribution in [0, 0.1) is 24.2 Å². The molecule has 0 aliphatic rings. The van der Waals surface area contributed by atoms with Gasteiger partial charge in [0.05, 0.1) is 12.0 Å². The smallest absolute Gasteiger partial charge is 0.225 e. The SMILES string of the molecule is Cc1ccccc1NC(=O)CC(C)C#N. The number of nitrogens with zero attached hydrogens (tertiary/aromatic N) is 1. The summed E-state index contributed by atoms with van der Waals surface area (Å²) in [5.41, 5.74) is 1.84. The molecule has 0 aliphatic carbocycles. The summed E-state index contributed by atoms with van der Waals surface area (Å²) in [6.07, 6.45) is 0.241. The maximum atomic E-state index is 11.5. The molecule has 1 atom stereocenters. The van der Waals surface area contributed by atoms with Gasteiger partial charge in [-0.05, 0) is 25.5 Å². The van der Waals surface area contributed by atoms with Crippen LogP contribution in [0.5, 0.6) is 0 Å². The van der Waals surface area contributed by atoms with E-state index in [2.05, 4.69) is 5.32 Å². The summed E-state index contributed by atoms with van der Waals surface area (Å²) in [5.74, 6) is -0.354. The summed E-state index contributed by atoms with van der Waals surface area (Å²) < 4.78 is 0. The number of amides is 1. The first-order valence-electron chi connectivity index (χ1n) is 4.88. The molecule has 1 rings (SSSR count). The van der Waals surface area contributed by atoms with Crippen molar-refractivity contribution in [2.75, 3.05) is 5.32 Å². The Morgan fingerprint density at radius 2 is 2.20 bits per heavy atom. The Balaban J connectivity index is 2.60. The molecule has 15 heavy (non-hydrogen) atoms. The highest BCUT2D eigenvalue weighted by atomic mass is 16.1. The van der Waals surface area contributed by atoms with E-state index in [1.165, 1.54) is 0 Å². The van der Waals surface area contributed by atoms with E-state index in [0.717, 1.165) is 11.3 Å². The lowest BCUT2D eigenvalue weighted by atomic mass is 10.1. The Hall–Kier alpha value is -1.82. The number of hydrogen-bond donors (Lipinski definition) is 1. The lowest BCUT2D eigenvalue weighted by Gasteiger charge is -2.08. The fourth-order valence-electron chi connectivity index (χ4n) is 1.24. The molecule has 3 heteroatoms. The zero-order valence-electron chi connectivity index (χ0n) is 8.95. The van der Waals surface area contributed by atoms with Gasteiger partial charge >= 0.3 is 0 Å². The Kier molecular flexibility index (Phi) is 3.87. The number of nitrogens with one attached hydrogen (secondary N) is 1. The molecule has 1 aromatic rings. The van der Waals surface area contributed by atoms with Crippen molar-refractivity contribution in [2.24, 2.45) is 5.92 Å². The molecule has 0 bridgehead atoms. The lowest BCUT2D eigenvalue weighted by Crippen LogP contribution is -2.14. The van der Waals surface area contributed by atoms with Crippen LogP contribution in [0.1, 0.15) is 18.9 Å². The molecule has 3 nitrogen and oxygen atoms in total. The van der Waals surface area contributed by atoms with Crippen LogP contribution in [0.3, 0.4) is 0 Å². The Morgan fingerprint density at radius 3 is 2.80 bits per heavy atom. The lowest BCUT2D eigenvalue weighted by molar-refractivity contribution is -0.116. The summed E-state index contributed by atoms with van der Waals surface area (Å²) in [7, 11) is 0. The van der Waals surface area contributed by atoms with Crippen molar-refractivity contribution in [3.63, 3.8) is 0 Å². The second kappa shape index (κ2) is 5.16. The number of aryl methyl sites for hydroxylation is 1. The summed E-state index contributed by atoms with van der Waals surface area (Å²) in [6.45, 7) is 3.67. The zero-order valence-corrected chi connectivity index (χ0v) is 8.95. The van der Waals surface area contributed by atoms with E-state index in [1.54, 1.807) is 6.92 Å². The van der Waals surface area contributed by atoms with Crippen LogP contribution in [0.2, 0.25) is 0 Å². The Morgan fingerprint density at radius 1 is 1.53 bits per heavy atom. The number of hydrogen-bond acceptors (Lipinski definition) is 2. The molecule has 0 saturated heterocycles. The summed E-state index contributed by atoms with van der Waals surface area (Å²) >= 11 is 0. The maximum absolute atomic E-state index is 11.5.